The first-order valence-electron chi connectivity index (χ1n) is 6.18. The maximum absolute atomic E-state index is 12.0. The van der Waals surface area contributed by atoms with Gasteiger partial charge >= 0.3 is 6.09 Å². The van der Waals surface area contributed by atoms with Gasteiger partial charge in [-0.15, -0.1) is 0 Å². The van der Waals surface area contributed by atoms with Crippen molar-refractivity contribution in [2.24, 2.45) is 0 Å². The van der Waals surface area contributed by atoms with Gasteiger partial charge in [-0.05, 0) is 48.3 Å². The summed E-state index contributed by atoms with van der Waals surface area (Å²) in [5, 5.41) is 0. The van der Waals surface area contributed by atoms with Crippen LogP contribution >= 0.6 is 15.9 Å². The summed E-state index contributed by atoms with van der Waals surface area (Å²) in [6.45, 7) is 6.69. The number of anilines is 1. The summed E-state index contributed by atoms with van der Waals surface area (Å²) in [6.07, 6.45) is 0.424. The van der Waals surface area contributed by atoms with Gasteiger partial charge < -0.3 is 15.4 Å². The third-order valence-electron chi connectivity index (χ3n) is 2.80. The second-order valence-corrected chi connectivity index (χ2v) is 6.38. The number of nitrogen functional groups attached to an aromatic ring is 1. The van der Waals surface area contributed by atoms with Gasteiger partial charge in [0.05, 0.1) is 12.2 Å². The van der Waals surface area contributed by atoms with E-state index in [0.29, 0.717) is 29.8 Å². The topological polar surface area (TPSA) is 68.5 Å². The van der Waals surface area contributed by atoms with Crippen LogP contribution in [0.4, 0.5) is 10.5 Å². The highest BCUT2D eigenvalue weighted by Crippen LogP contribution is 2.25. The van der Waals surface area contributed by atoms with Crippen molar-refractivity contribution in [2.45, 2.75) is 39.3 Å². The molecule has 2 heterocycles. The number of pyridine rings is 1. The Morgan fingerprint density at radius 1 is 1.53 bits per heavy atom. The van der Waals surface area contributed by atoms with Crippen molar-refractivity contribution in [3.05, 3.63) is 21.9 Å². The Morgan fingerprint density at radius 3 is 2.84 bits per heavy atom. The zero-order valence-corrected chi connectivity index (χ0v) is 13.0. The average Bonchev–Trinajstić information content (AvgIpc) is 2.27. The number of amides is 1. The molecular formula is C13H18BrN3O2. The van der Waals surface area contributed by atoms with Crippen LogP contribution in [0.2, 0.25) is 0 Å². The van der Waals surface area contributed by atoms with Crippen LogP contribution in [0.25, 0.3) is 0 Å². The summed E-state index contributed by atoms with van der Waals surface area (Å²) in [7, 11) is 0. The third kappa shape index (κ3) is 3.37. The fraction of sp³-hybridized carbons (Fsp3) is 0.538. The number of halogens is 1. The fourth-order valence-electron chi connectivity index (χ4n) is 1.95. The van der Waals surface area contributed by atoms with Gasteiger partial charge in [0.1, 0.15) is 10.2 Å². The second kappa shape index (κ2) is 5.00. The first-order chi connectivity index (χ1) is 8.76. The van der Waals surface area contributed by atoms with E-state index in [1.54, 1.807) is 4.90 Å². The molecule has 0 radical (unpaired) electrons. The molecule has 0 spiro atoms. The van der Waals surface area contributed by atoms with Gasteiger partial charge in [0.15, 0.2) is 0 Å². The number of ether oxygens (including phenoxy) is 1. The summed E-state index contributed by atoms with van der Waals surface area (Å²) in [5.74, 6) is 0. The fourth-order valence-corrected chi connectivity index (χ4v) is 2.28. The zero-order valence-electron chi connectivity index (χ0n) is 11.4. The van der Waals surface area contributed by atoms with E-state index in [-0.39, 0.29) is 6.09 Å². The van der Waals surface area contributed by atoms with E-state index in [2.05, 4.69) is 20.9 Å². The lowest BCUT2D eigenvalue weighted by atomic mass is 10.1. The molecule has 19 heavy (non-hydrogen) atoms. The quantitative estimate of drug-likeness (QED) is 0.744. The molecule has 5 nitrogen and oxygen atoms in total. The van der Waals surface area contributed by atoms with Gasteiger partial charge in [-0.1, -0.05) is 0 Å². The molecule has 0 saturated heterocycles. The van der Waals surface area contributed by atoms with E-state index in [0.717, 1.165) is 11.3 Å². The minimum atomic E-state index is -0.478. The SMILES string of the molecule is CC(C)(C)OC(=O)N1CCc2nc(Br)c(N)cc2C1. The van der Waals surface area contributed by atoms with Crippen LogP contribution in [-0.2, 0) is 17.7 Å². The molecule has 1 amide bonds. The lowest BCUT2D eigenvalue weighted by molar-refractivity contribution is 0.0223. The molecule has 1 aromatic heterocycles. The minimum absolute atomic E-state index is 0.292. The monoisotopic (exact) mass is 327 g/mol. The highest BCUT2D eigenvalue weighted by molar-refractivity contribution is 9.10. The Bertz CT molecular complexity index is 511. The van der Waals surface area contributed by atoms with Crippen LogP contribution in [0.3, 0.4) is 0 Å². The van der Waals surface area contributed by atoms with Crippen LogP contribution in [0, 0.1) is 0 Å². The van der Waals surface area contributed by atoms with Crippen LogP contribution < -0.4 is 5.73 Å². The van der Waals surface area contributed by atoms with Crippen LogP contribution in [0.5, 0.6) is 0 Å². The first kappa shape index (κ1) is 14.1. The number of hydrogen-bond donors (Lipinski definition) is 1. The molecule has 2 N–H and O–H groups in total. The lowest BCUT2D eigenvalue weighted by Crippen LogP contribution is -2.40. The van der Waals surface area contributed by atoms with E-state index < -0.39 is 5.60 Å². The number of aromatic nitrogens is 1. The Labute approximate surface area is 121 Å². The predicted molar refractivity (Wildman–Crippen MR) is 76.7 cm³/mol. The molecule has 1 aromatic rings. The molecule has 0 saturated carbocycles. The summed E-state index contributed by atoms with van der Waals surface area (Å²) in [5.41, 5.74) is 7.90. The molecule has 1 aliphatic heterocycles. The zero-order chi connectivity index (χ0) is 14.2. The summed E-state index contributed by atoms with van der Waals surface area (Å²) in [6, 6.07) is 1.86. The lowest BCUT2D eigenvalue weighted by Gasteiger charge is -2.31. The first-order valence-corrected chi connectivity index (χ1v) is 6.97. The van der Waals surface area contributed by atoms with Crippen molar-refractivity contribution in [3.63, 3.8) is 0 Å². The van der Waals surface area contributed by atoms with E-state index in [1.165, 1.54) is 0 Å². The number of hydrogen-bond acceptors (Lipinski definition) is 4. The Kier molecular flexibility index (Phi) is 3.71. The maximum Gasteiger partial charge on any atom is 0.410 e. The number of rotatable bonds is 0. The van der Waals surface area contributed by atoms with Gasteiger partial charge in [-0.2, -0.15) is 0 Å². The van der Waals surface area contributed by atoms with E-state index in [4.69, 9.17) is 10.5 Å². The molecular weight excluding hydrogens is 310 g/mol. The molecule has 0 aromatic carbocycles. The summed E-state index contributed by atoms with van der Waals surface area (Å²) >= 11 is 3.32. The number of carbonyl (C=O) groups is 1. The van der Waals surface area contributed by atoms with Crippen LogP contribution in [0.1, 0.15) is 32.0 Å². The Hall–Kier alpha value is -1.30. The van der Waals surface area contributed by atoms with Gasteiger partial charge in [-0.3, -0.25) is 0 Å². The van der Waals surface area contributed by atoms with Crippen molar-refractivity contribution in [1.82, 2.24) is 9.88 Å². The second-order valence-electron chi connectivity index (χ2n) is 5.63. The van der Waals surface area contributed by atoms with E-state index >= 15 is 0 Å². The van der Waals surface area contributed by atoms with Crippen molar-refractivity contribution >= 4 is 27.7 Å². The van der Waals surface area contributed by atoms with Gasteiger partial charge in [-0.25, -0.2) is 9.78 Å². The molecule has 2 rings (SSSR count). The highest BCUT2D eigenvalue weighted by Gasteiger charge is 2.26. The molecule has 6 heteroatoms. The third-order valence-corrected chi connectivity index (χ3v) is 3.44. The maximum atomic E-state index is 12.0. The average molecular weight is 328 g/mol. The summed E-state index contributed by atoms with van der Waals surface area (Å²) < 4.78 is 6.04. The van der Waals surface area contributed by atoms with Crippen molar-refractivity contribution < 1.29 is 9.53 Å². The minimum Gasteiger partial charge on any atom is -0.444 e. The molecule has 0 atom stereocenters. The highest BCUT2D eigenvalue weighted by atomic mass is 79.9. The summed E-state index contributed by atoms with van der Waals surface area (Å²) in [4.78, 5) is 18.1. The smallest absolute Gasteiger partial charge is 0.410 e. The van der Waals surface area contributed by atoms with E-state index in [9.17, 15) is 4.79 Å². The van der Waals surface area contributed by atoms with Crippen molar-refractivity contribution in [1.29, 1.82) is 0 Å². The normalized spacial score (nSPS) is 15.1. The number of carbonyl (C=O) groups excluding carboxylic acids is 1. The van der Waals surface area contributed by atoms with Crippen LogP contribution in [0.15, 0.2) is 10.7 Å². The Balaban J connectivity index is 2.14. The Morgan fingerprint density at radius 2 is 2.21 bits per heavy atom. The van der Waals surface area contributed by atoms with Crippen molar-refractivity contribution in [2.75, 3.05) is 12.3 Å². The molecule has 0 bridgehead atoms. The number of fused-ring (bicyclic) bond motifs is 1. The molecule has 1 aliphatic rings. The van der Waals surface area contributed by atoms with E-state index in [1.807, 2.05) is 26.8 Å². The molecule has 0 fully saturated rings. The van der Waals surface area contributed by atoms with Gasteiger partial charge in [0.2, 0.25) is 0 Å². The molecule has 0 aliphatic carbocycles. The standard InChI is InChI=1S/C13H18BrN3O2/c1-13(2,3)19-12(18)17-5-4-10-8(7-17)6-9(15)11(14)16-10/h6H,4-5,7,15H2,1-3H3. The largest absolute Gasteiger partial charge is 0.444 e. The van der Waals surface area contributed by atoms with Crippen LogP contribution in [-0.4, -0.2) is 28.1 Å². The molecule has 104 valence electrons. The number of nitrogens with two attached hydrogens (primary N) is 1. The number of nitrogens with zero attached hydrogens (tertiary/aromatic N) is 2. The molecule has 0 unspecified atom stereocenters. The van der Waals surface area contributed by atoms with Gasteiger partial charge in [0, 0.05) is 18.7 Å². The van der Waals surface area contributed by atoms with Gasteiger partial charge in [0.25, 0.3) is 0 Å². The van der Waals surface area contributed by atoms with Crippen molar-refractivity contribution in [3.8, 4) is 0 Å². The predicted octanol–water partition coefficient (Wildman–Crippen LogP) is 2.72.